The van der Waals surface area contributed by atoms with Crippen LogP contribution in [-0.4, -0.2) is 99.4 Å². The Morgan fingerprint density at radius 2 is 1.88 bits per heavy atom. The summed E-state index contributed by atoms with van der Waals surface area (Å²) >= 11 is 7.23. The number of aromatic nitrogens is 2. The van der Waals surface area contributed by atoms with E-state index in [9.17, 15) is 26.4 Å². The van der Waals surface area contributed by atoms with Gasteiger partial charge in [-0.25, -0.2) is 18.4 Å². The molecule has 0 unspecified atom stereocenters. The van der Waals surface area contributed by atoms with Crippen LogP contribution in [0.25, 0.3) is 10.6 Å². The Morgan fingerprint density at radius 3 is 2.53 bits per heavy atom. The number of nitrogens with one attached hydrogen (secondary N) is 1. The number of nitrogens with zero attached hydrogens (tertiary/aromatic N) is 5. The Hall–Kier alpha value is -2.98. The highest BCUT2D eigenvalue weighted by Gasteiger charge is 2.38. The maximum absolute atomic E-state index is 14.0. The molecule has 0 radical (unpaired) electrons. The molecule has 16 heteroatoms. The van der Waals surface area contributed by atoms with E-state index in [0.29, 0.717) is 34.2 Å². The second-order valence-electron chi connectivity index (χ2n) is 10.8. The van der Waals surface area contributed by atoms with Crippen LogP contribution < -0.4 is 10.2 Å². The number of anilines is 3. The molecule has 2 saturated heterocycles. The fourth-order valence-corrected chi connectivity index (χ4v) is 8.47. The molecule has 3 aliphatic heterocycles. The number of fused-ring (bicyclic) bond motifs is 1. The number of rotatable bonds is 6. The van der Waals surface area contributed by atoms with Crippen LogP contribution in [0, 0.1) is 5.92 Å². The number of carbonyl (C=O) groups is 1. The van der Waals surface area contributed by atoms with Gasteiger partial charge in [-0.1, -0.05) is 11.6 Å². The third-order valence-corrected chi connectivity index (χ3v) is 11.0. The lowest BCUT2D eigenvalue weighted by atomic mass is 10.1. The Bertz CT molecular complexity index is 1660. The standard InChI is InChI=1S/C27H28ClF3N6O4S2/c1-35-8-9-43(39,40)22-11-21(42-24(22)25(35)38)23-18(27(29,30)31)12-32-26(34-23)33-20-3-2-17(10-19(20)28)37-6-4-36(5-7-37)13-16-14-41-15-16/h2-3,10-12,16H,4-9,13-15H2,1H3,(H,32,33,34). The average molecular weight is 657 g/mol. The van der Waals surface area contributed by atoms with E-state index in [2.05, 4.69) is 25.1 Å². The molecule has 0 aliphatic carbocycles. The van der Waals surface area contributed by atoms with Crippen LogP contribution in [0.2, 0.25) is 5.02 Å². The van der Waals surface area contributed by atoms with E-state index in [1.165, 1.54) is 11.9 Å². The van der Waals surface area contributed by atoms with Crippen molar-refractivity contribution in [1.29, 1.82) is 0 Å². The normalized spacial score (nSPS) is 19.6. The van der Waals surface area contributed by atoms with Gasteiger partial charge in [-0.2, -0.15) is 13.2 Å². The van der Waals surface area contributed by atoms with Crippen molar-refractivity contribution in [3.8, 4) is 10.6 Å². The predicted molar refractivity (Wildman–Crippen MR) is 157 cm³/mol. The third-order valence-electron chi connectivity index (χ3n) is 7.76. The highest BCUT2D eigenvalue weighted by atomic mass is 35.5. The molecular formula is C27H28ClF3N6O4S2. The zero-order valence-corrected chi connectivity index (χ0v) is 25.4. The van der Waals surface area contributed by atoms with Crippen LogP contribution in [0.1, 0.15) is 15.2 Å². The summed E-state index contributed by atoms with van der Waals surface area (Å²) in [5.41, 5.74) is -0.376. The van der Waals surface area contributed by atoms with Gasteiger partial charge in [0.25, 0.3) is 5.91 Å². The second-order valence-corrected chi connectivity index (χ2v) is 14.3. The summed E-state index contributed by atoms with van der Waals surface area (Å²) in [6.45, 7) is 6.17. The van der Waals surface area contributed by atoms with Crippen molar-refractivity contribution in [2.45, 2.75) is 11.1 Å². The maximum atomic E-state index is 14.0. The van der Waals surface area contributed by atoms with E-state index in [4.69, 9.17) is 16.3 Å². The van der Waals surface area contributed by atoms with Crippen LogP contribution in [0.5, 0.6) is 0 Å². The summed E-state index contributed by atoms with van der Waals surface area (Å²) in [7, 11) is -2.44. The minimum atomic E-state index is -4.83. The number of ether oxygens (including phenoxy) is 1. The molecule has 10 nitrogen and oxygen atoms in total. The smallest absolute Gasteiger partial charge is 0.381 e. The van der Waals surface area contributed by atoms with Gasteiger partial charge in [-0.05, 0) is 24.3 Å². The molecule has 3 aliphatic rings. The van der Waals surface area contributed by atoms with E-state index >= 15 is 0 Å². The minimum Gasteiger partial charge on any atom is -0.381 e. The first-order valence-electron chi connectivity index (χ1n) is 13.6. The van der Waals surface area contributed by atoms with Crippen LogP contribution in [0.4, 0.5) is 30.5 Å². The summed E-state index contributed by atoms with van der Waals surface area (Å²) in [6, 6.07) is 6.46. The van der Waals surface area contributed by atoms with Gasteiger partial charge >= 0.3 is 6.18 Å². The number of piperazine rings is 1. The van der Waals surface area contributed by atoms with Crippen molar-refractivity contribution in [3.63, 3.8) is 0 Å². The fraction of sp³-hybridized carbons (Fsp3) is 0.444. The van der Waals surface area contributed by atoms with Gasteiger partial charge in [-0.3, -0.25) is 9.69 Å². The van der Waals surface area contributed by atoms with Crippen LogP contribution in [0.3, 0.4) is 0 Å². The molecule has 230 valence electrons. The quantitative estimate of drug-likeness (QED) is 0.417. The van der Waals surface area contributed by atoms with E-state index in [1.807, 2.05) is 6.07 Å². The molecule has 1 aromatic carbocycles. The van der Waals surface area contributed by atoms with Gasteiger partial charge in [-0.15, -0.1) is 11.3 Å². The first kappa shape index (κ1) is 30.1. The summed E-state index contributed by atoms with van der Waals surface area (Å²) in [5.74, 6) is -0.469. The van der Waals surface area contributed by atoms with E-state index in [1.54, 1.807) is 12.1 Å². The molecule has 43 heavy (non-hydrogen) atoms. The van der Waals surface area contributed by atoms with Crippen molar-refractivity contribution >= 4 is 56.0 Å². The average Bonchev–Trinajstić information content (AvgIpc) is 3.38. The van der Waals surface area contributed by atoms with E-state index in [-0.39, 0.29) is 32.9 Å². The zero-order valence-electron chi connectivity index (χ0n) is 23.0. The fourth-order valence-electron chi connectivity index (χ4n) is 5.22. The lowest BCUT2D eigenvalue weighted by Crippen LogP contribution is -2.50. The van der Waals surface area contributed by atoms with Gasteiger partial charge in [0.1, 0.15) is 10.4 Å². The van der Waals surface area contributed by atoms with E-state index < -0.39 is 33.2 Å². The topological polar surface area (TPSA) is 108 Å². The third kappa shape index (κ3) is 6.18. The number of thiophene rings is 1. The van der Waals surface area contributed by atoms with Crippen LogP contribution in [0.15, 0.2) is 35.4 Å². The minimum absolute atomic E-state index is 0.0146. The molecule has 5 heterocycles. The van der Waals surface area contributed by atoms with Gasteiger partial charge in [0.15, 0.2) is 9.84 Å². The molecule has 1 N–H and O–H groups in total. The molecule has 0 saturated carbocycles. The number of sulfone groups is 1. The number of alkyl halides is 3. The first-order chi connectivity index (χ1) is 20.4. The molecule has 0 bridgehead atoms. The lowest BCUT2D eigenvalue weighted by Gasteiger charge is -2.39. The molecule has 0 atom stereocenters. The molecular weight excluding hydrogens is 629 g/mol. The molecule has 1 amide bonds. The van der Waals surface area contributed by atoms with Gasteiger partial charge in [0.2, 0.25) is 5.95 Å². The Balaban J connectivity index is 1.25. The van der Waals surface area contributed by atoms with Gasteiger partial charge in [0, 0.05) is 64.1 Å². The van der Waals surface area contributed by atoms with Gasteiger partial charge < -0.3 is 19.9 Å². The van der Waals surface area contributed by atoms with Gasteiger partial charge in [0.05, 0.1) is 45.1 Å². The van der Waals surface area contributed by atoms with E-state index in [0.717, 1.165) is 57.7 Å². The van der Waals surface area contributed by atoms with Crippen LogP contribution >= 0.6 is 22.9 Å². The lowest BCUT2D eigenvalue weighted by molar-refractivity contribution is -0.137. The zero-order chi connectivity index (χ0) is 30.5. The summed E-state index contributed by atoms with van der Waals surface area (Å²) in [5, 5.41) is 3.22. The maximum Gasteiger partial charge on any atom is 0.420 e. The van der Waals surface area contributed by atoms with Crippen molar-refractivity contribution in [1.82, 2.24) is 19.8 Å². The Labute approximate surface area is 255 Å². The van der Waals surface area contributed by atoms with Crippen LogP contribution in [-0.2, 0) is 20.8 Å². The number of amides is 1. The van der Waals surface area contributed by atoms with Crippen molar-refractivity contribution < 1.29 is 31.1 Å². The molecule has 6 rings (SSSR count). The summed E-state index contributed by atoms with van der Waals surface area (Å²) < 4.78 is 72.9. The number of hydrogen-bond donors (Lipinski definition) is 1. The van der Waals surface area contributed by atoms with Crippen molar-refractivity contribution in [2.75, 3.05) is 75.5 Å². The number of hydrogen-bond acceptors (Lipinski definition) is 10. The molecule has 2 fully saturated rings. The highest BCUT2D eigenvalue weighted by Crippen LogP contribution is 2.42. The summed E-state index contributed by atoms with van der Waals surface area (Å²) in [4.78, 5) is 26.1. The van der Waals surface area contributed by atoms with Crippen molar-refractivity contribution in [2.24, 2.45) is 5.92 Å². The first-order valence-corrected chi connectivity index (χ1v) is 16.4. The Morgan fingerprint density at radius 1 is 1.14 bits per heavy atom. The number of halogens is 4. The SMILES string of the molecule is CN1CCS(=O)(=O)c2cc(-c3nc(Nc4ccc(N5CCN(CC6COC6)CC5)cc4Cl)ncc3C(F)(F)F)sc2C1=O. The monoisotopic (exact) mass is 656 g/mol. The second kappa shape index (κ2) is 11.5. The van der Waals surface area contributed by atoms with Crippen molar-refractivity contribution in [3.05, 3.63) is 45.9 Å². The molecule has 3 aromatic rings. The largest absolute Gasteiger partial charge is 0.420 e. The Kier molecular flexibility index (Phi) is 8.04. The summed E-state index contributed by atoms with van der Waals surface area (Å²) in [6.07, 6.45) is -4.20. The molecule has 2 aromatic heterocycles. The predicted octanol–water partition coefficient (Wildman–Crippen LogP) is 4.25. The number of carbonyl (C=O) groups excluding carboxylic acids is 1. The highest BCUT2D eigenvalue weighted by molar-refractivity contribution is 7.91. The molecule has 0 spiro atoms. The number of benzene rings is 1.